The first-order valence-corrected chi connectivity index (χ1v) is 11.1. The zero-order valence-corrected chi connectivity index (χ0v) is 19.8. The molecule has 0 aromatic heterocycles. The monoisotopic (exact) mass is 460 g/mol. The zero-order chi connectivity index (χ0) is 23.7. The molecule has 0 bridgehead atoms. The standard InChI is InChI=1S/C27H25ClN2O3/c1-5-33-23-9-7-6-8-21(23)29-25-24(19-11-10-16(2)17(3)14-19)26(31)30(27(25)32)22-13-12-20(28)15-18(22)4/h6-15,29H,5H2,1-4H3. The zero-order valence-electron chi connectivity index (χ0n) is 19.0. The van der Waals surface area contributed by atoms with E-state index in [0.717, 1.165) is 16.7 Å². The number of halogens is 1. The summed E-state index contributed by atoms with van der Waals surface area (Å²) < 4.78 is 5.72. The number of para-hydroxylation sites is 2. The molecule has 0 aliphatic carbocycles. The summed E-state index contributed by atoms with van der Waals surface area (Å²) >= 11 is 6.11. The first kappa shape index (κ1) is 22.6. The summed E-state index contributed by atoms with van der Waals surface area (Å²) in [7, 11) is 0. The molecule has 0 fully saturated rings. The van der Waals surface area contributed by atoms with Crippen molar-refractivity contribution in [3.8, 4) is 5.75 Å². The van der Waals surface area contributed by atoms with E-state index in [2.05, 4.69) is 5.32 Å². The van der Waals surface area contributed by atoms with Gasteiger partial charge in [-0.2, -0.15) is 0 Å². The van der Waals surface area contributed by atoms with Crippen molar-refractivity contribution in [1.82, 2.24) is 0 Å². The Morgan fingerprint density at radius 3 is 2.33 bits per heavy atom. The maximum absolute atomic E-state index is 13.7. The number of rotatable bonds is 6. The van der Waals surface area contributed by atoms with Crippen LogP contribution in [0, 0.1) is 20.8 Å². The second-order valence-corrected chi connectivity index (χ2v) is 8.42. The third kappa shape index (κ3) is 4.24. The highest BCUT2D eigenvalue weighted by Gasteiger charge is 2.41. The number of ether oxygens (including phenoxy) is 1. The summed E-state index contributed by atoms with van der Waals surface area (Å²) in [6, 6.07) is 18.2. The number of anilines is 2. The van der Waals surface area contributed by atoms with E-state index in [1.54, 1.807) is 18.2 Å². The molecule has 1 aliphatic rings. The van der Waals surface area contributed by atoms with Gasteiger partial charge in [-0.3, -0.25) is 9.59 Å². The van der Waals surface area contributed by atoms with E-state index in [9.17, 15) is 9.59 Å². The average molecular weight is 461 g/mol. The highest BCUT2D eigenvalue weighted by atomic mass is 35.5. The molecule has 4 rings (SSSR count). The van der Waals surface area contributed by atoms with E-state index in [1.165, 1.54) is 4.90 Å². The summed E-state index contributed by atoms with van der Waals surface area (Å²) in [5.41, 5.74) is 5.22. The molecule has 0 atom stereocenters. The van der Waals surface area contributed by atoms with Crippen molar-refractivity contribution in [1.29, 1.82) is 0 Å². The summed E-state index contributed by atoms with van der Waals surface area (Å²) in [5.74, 6) is -0.205. The number of hydrogen-bond acceptors (Lipinski definition) is 4. The van der Waals surface area contributed by atoms with Crippen molar-refractivity contribution < 1.29 is 14.3 Å². The van der Waals surface area contributed by atoms with E-state index in [-0.39, 0.29) is 11.6 Å². The van der Waals surface area contributed by atoms with Gasteiger partial charge >= 0.3 is 0 Å². The van der Waals surface area contributed by atoms with Crippen LogP contribution in [0.3, 0.4) is 0 Å². The third-order valence-corrected chi connectivity index (χ3v) is 5.96. The molecular weight excluding hydrogens is 436 g/mol. The molecule has 0 saturated carbocycles. The van der Waals surface area contributed by atoms with Crippen LogP contribution in [0.15, 0.2) is 66.4 Å². The molecule has 0 unspecified atom stereocenters. The molecule has 3 aromatic rings. The minimum absolute atomic E-state index is 0.213. The van der Waals surface area contributed by atoms with Crippen LogP contribution in [-0.2, 0) is 9.59 Å². The number of nitrogens with one attached hydrogen (secondary N) is 1. The molecule has 33 heavy (non-hydrogen) atoms. The SMILES string of the molecule is CCOc1ccccc1NC1=C(c2ccc(C)c(C)c2)C(=O)N(c2ccc(Cl)cc2C)C1=O. The van der Waals surface area contributed by atoms with E-state index in [0.29, 0.717) is 39.9 Å². The number of carbonyl (C=O) groups is 2. The van der Waals surface area contributed by atoms with Crippen molar-refractivity contribution in [3.05, 3.63) is 93.6 Å². The Morgan fingerprint density at radius 1 is 0.879 bits per heavy atom. The first-order valence-electron chi connectivity index (χ1n) is 10.8. The lowest BCUT2D eigenvalue weighted by Gasteiger charge is -2.18. The Hall–Kier alpha value is -3.57. The fraction of sp³-hybridized carbons (Fsp3) is 0.185. The average Bonchev–Trinajstić information content (AvgIpc) is 3.01. The number of carbonyl (C=O) groups excluding carboxylic acids is 2. The van der Waals surface area contributed by atoms with Gasteiger partial charge in [-0.1, -0.05) is 41.9 Å². The number of amides is 2. The number of nitrogens with zero attached hydrogens (tertiary/aromatic N) is 1. The predicted octanol–water partition coefficient (Wildman–Crippen LogP) is 6.06. The van der Waals surface area contributed by atoms with Crippen LogP contribution in [0.25, 0.3) is 5.57 Å². The third-order valence-electron chi connectivity index (χ3n) is 5.73. The fourth-order valence-corrected chi connectivity index (χ4v) is 4.11. The molecule has 2 amide bonds. The number of benzene rings is 3. The Kier molecular flexibility index (Phi) is 6.25. The van der Waals surface area contributed by atoms with E-state index < -0.39 is 5.91 Å². The normalized spacial score (nSPS) is 13.7. The van der Waals surface area contributed by atoms with Crippen molar-refractivity contribution in [2.24, 2.45) is 0 Å². The minimum Gasteiger partial charge on any atom is -0.492 e. The minimum atomic E-state index is -0.426. The molecule has 0 radical (unpaired) electrons. The van der Waals surface area contributed by atoms with Gasteiger partial charge in [0.15, 0.2) is 0 Å². The van der Waals surface area contributed by atoms with E-state index in [1.807, 2.05) is 70.2 Å². The van der Waals surface area contributed by atoms with E-state index >= 15 is 0 Å². The largest absolute Gasteiger partial charge is 0.492 e. The Balaban J connectivity index is 1.87. The molecule has 5 nitrogen and oxygen atoms in total. The van der Waals surface area contributed by atoms with Gasteiger partial charge in [-0.15, -0.1) is 0 Å². The van der Waals surface area contributed by atoms with Crippen LogP contribution >= 0.6 is 11.6 Å². The van der Waals surface area contributed by atoms with E-state index in [4.69, 9.17) is 16.3 Å². The summed E-state index contributed by atoms with van der Waals surface area (Å²) in [6.07, 6.45) is 0. The van der Waals surface area contributed by atoms with Gasteiger partial charge in [-0.05, 0) is 80.3 Å². The highest BCUT2D eigenvalue weighted by molar-refractivity contribution is 6.46. The smallest absolute Gasteiger partial charge is 0.282 e. The number of aryl methyl sites for hydroxylation is 3. The maximum Gasteiger partial charge on any atom is 0.282 e. The molecular formula is C27H25ClN2O3. The molecule has 1 heterocycles. The lowest BCUT2D eigenvalue weighted by Crippen LogP contribution is -2.33. The quantitative estimate of drug-likeness (QED) is 0.454. The van der Waals surface area contributed by atoms with Crippen molar-refractivity contribution in [2.75, 3.05) is 16.8 Å². The van der Waals surface area contributed by atoms with Crippen LogP contribution in [0.1, 0.15) is 29.2 Å². The van der Waals surface area contributed by atoms with Gasteiger partial charge in [-0.25, -0.2) is 4.90 Å². The number of imide groups is 1. The van der Waals surface area contributed by atoms with Crippen LogP contribution < -0.4 is 15.0 Å². The lowest BCUT2D eigenvalue weighted by atomic mass is 9.99. The first-order chi connectivity index (χ1) is 15.8. The summed E-state index contributed by atoms with van der Waals surface area (Å²) in [6.45, 7) is 8.19. The second-order valence-electron chi connectivity index (χ2n) is 7.98. The highest BCUT2D eigenvalue weighted by Crippen LogP contribution is 2.37. The fourth-order valence-electron chi connectivity index (χ4n) is 3.88. The predicted molar refractivity (Wildman–Crippen MR) is 133 cm³/mol. The maximum atomic E-state index is 13.7. The molecule has 1 aliphatic heterocycles. The van der Waals surface area contributed by atoms with Gasteiger partial charge in [0.1, 0.15) is 11.4 Å². The van der Waals surface area contributed by atoms with Crippen LogP contribution in [0.2, 0.25) is 5.02 Å². The van der Waals surface area contributed by atoms with Gasteiger partial charge in [0, 0.05) is 5.02 Å². The molecule has 0 spiro atoms. The van der Waals surface area contributed by atoms with Gasteiger partial charge in [0.2, 0.25) is 0 Å². The molecule has 3 aromatic carbocycles. The van der Waals surface area contributed by atoms with Crippen molar-refractivity contribution >= 4 is 40.4 Å². The molecule has 168 valence electrons. The Labute approximate surface area is 198 Å². The van der Waals surface area contributed by atoms with Gasteiger partial charge in [0.25, 0.3) is 11.8 Å². The molecule has 6 heteroatoms. The topological polar surface area (TPSA) is 58.6 Å². The molecule has 1 N–H and O–H groups in total. The second kappa shape index (κ2) is 9.12. The summed E-state index contributed by atoms with van der Waals surface area (Å²) in [5, 5.41) is 3.75. The number of hydrogen-bond donors (Lipinski definition) is 1. The van der Waals surface area contributed by atoms with Crippen LogP contribution in [0.5, 0.6) is 5.75 Å². The lowest BCUT2D eigenvalue weighted by molar-refractivity contribution is -0.120. The molecule has 0 saturated heterocycles. The Morgan fingerprint density at radius 2 is 1.64 bits per heavy atom. The van der Waals surface area contributed by atoms with Crippen LogP contribution in [-0.4, -0.2) is 18.4 Å². The Bertz CT molecular complexity index is 1300. The summed E-state index contributed by atoms with van der Waals surface area (Å²) in [4.78, 5) is 28.6. The van der Waals surface area contributed by atoms with Crippen molar-refractivity contribution in [3.63, 3.8) is 0 Å². The van der Waals surface area contributed by atoms with Gasteiger partial charge in [0.05, 0.1) is 23.6 Å². The van der Waals surface area contributed by atoms with Gasteiger partial charge < -0.3 is 10.1 Å². The van der Waals surface area contributed by atoms with Crippen LogP contribution in [0.4, 0.5) is 11.4 Å². The van der Waals surface area contributed by atoms with Crippen molar-refractivity contribution in [2.45, 2.75) is 27.7 Å².